The molecule has 3 heterocycles. The lowest BCUT2D eigenvalue weighted by Crippen LogP contribution is -2.25. The quantitative estimate of drug-likeness (QED) is 0.789. The van der Waals surface area contributed by atoms with Crippen LogP contribution in [0.15, 0.2) is 51.8 Å². The van der Waals surface area contributed by atoms with Crippen LogP contribution in [0.1, 0.15) is 12.8 Å². The van der Waals surface area contributed by atoms with Crippen LogP contribution in [-0.2, 0) is 11.3 Å². The number of benzene rings is 1. The van der Waals surface area contributed by atoms with Crippen LogP contribution < -0.4 is 16.0 Å². The van der Waals surface area contributed by atoms with Crippen molar-refractivity contribution in [3.05, 3.63) is 53.1 Å². The van der Waals surface area contributed by atoms with Crippen LogP contribution in [0.2, 0.25) is 0 Å². The zero-order valence-corrected chi connectivity index (χ0v) is 13.6. The van der Waals surface area contributed by atoms with Crippen LogP contribution in [0.4, 0.5) is 11.5 Å². The molecular weight excluding hydrogens is 320 g/mol. The summed E-state index contributed by atoms with van der Waals surface area (Å²) in [4.78, 5) is 30.8. The molecule has 0 aliphatic carbocycles. The van der Waals surface area contributed by atoms with Gasteiger partial charge in [0, 0.05) is 13.1 Å². The van der Waals surface area contributed by atoms with E-state index in [1.807, 2.05) is 12.1 Å². The number of carbonyl (C=O) groups is 1. The maximum Gasteiger partial charge on any atom is 0.420 e. The molecule has 1 N–H and O–H groups in total. The summed E-state index contributed by atoms with van der Waals surface area (Å²) in [7, 11) is 0. The van der Waals surface area contributed by atoms with Crippen molar-refractivity contribution in [1.29, 1.82) is 0 Å². The van der Waals surface area contributed by atoms with Crippen LogP contribution >= 0.6 is 0 Å². The van der Waals surface area contributed by atoms with Crippen molar-refractivity contribution in [2.45, 2.75) is 19.4 Å². The Kier molecular flexibility index (Phi) is 3.97. The van der Waals surface area contributed by atoms with Crippen molar-refractivity contribution in [3.63, 3.8) is 0 Å². The lowest BCUT2D eigenvalue weighted by molar-refractivity contribution is -0.116. The van der Waals surface area contributed by atoms with Crippen molar-refractivity contribution < 1.29 is 9.21 Å². The number of oxazole rings is 1. The average Bonchev–Trinajstić information content (AvgIpc) is 3.25. The molecule has 7 nitrogen and oxygen atoms in total. The summed E-state index contributed by atoms with van der Waals surface area (Å²) in [6.07, 6.45) is 4.02. The van der Waals surface area contributed by atoms with Gasteiger partial charge in [-0.15, -0.1) is 0 Å². The number of hydrogen-bond donors (Lipinski definition) is 1. The summed E-state index contributed by atoms with van der Waals surface area (Å²) in [6.45, 7) is 1.94. The van der Waals surface area contributed by atoms with E-state index in [1.54, 1.807) is 30.5 Å². The highest BCUT2D eigenvalue weighted by molar-refractivity contribution is 5.91. The zero-order chi connectivity index (χ0) is 17.2. The minimum atomic E-state index is -0.543. The van der Waals surface area contributed by atoms with E-state index >= 15 is 0 Å². The normalized spacial score (nSPS) is 14.2. The van der Waals surface area contributed by atoms with E-state index in [1.165, 1.54) is 17.4 Å². The Hall–Kier alpha value is -3.09. The van der Waals surface area contributed by atoms with E-state index in [9.17, 15) is 9.59 Å². The third kappa shape index (κ3) is 3.13. The molecular formula is C18H18N4O3. The molecule has 3 aromatic rings. The molecule has 128 valence electrons. The number of amides is 1. The molecule has 1 fully saturated rings. The first-order valence-electron chi connectivity index (χ1n) is 8.30. The Balaban J connectivity index is 1.46. The van der Waals surface area contributed by atoms with E-state index in [2.05, 4.69) is 15.2 Å². The van der Waals surface area contributed by atoms with Crippen molar-refractivity contribution in [1.82, 2.24) is 9.55 Å². The molecule has 0 bridgehead atoms. The summed E-state index contributed by atoms with van der Waals surface area (Å²) in [5.41, 5.74) is 1.68. The maximum absolute atomic E-state index is 12.3. The molecule has 0 radical (unpaired) electrons. The standard InChI is InChI=1S/C18H18N4O3/c23-17(12-22-14-5-1-2-6-15(14)25-18(22)24)20-13-7-8-16(19-11-13)21-9-3-4-10-21/h1-2,5-8,11H,3-4,9-10,12H2,(H,20,23). The molecule has 7 heteroatoms. The smallest absolute Gasteiger partial charge is 0.408 e. The minimum absolute atomic E-state index is 0.107. The molecule has 0 atom stereocenters. The lowest BCUT2D eigenvalue weighted by atomic mass is 10.3. The largest absolute Gasteiger partial charge is 0.420 e. The molecule has 1 aromatic carbocycles. The van der Waals surface area contributed by atoms with Crippen molar-refractivity contribution in [2.24, 2.45) is 0 Å². The molecule has 1 amide bonds. The first kappa shape index (κ1) is 15.4. The van der Waals surface area contributed by atoms with Gasteiger partial charge in [0.1, 0.15) is 12.4 Å². The van der Waals surface area contributed by atoms with Gasteiger partial charge in [0.25, 0.3) is 0 Å². The molecule has 1 aliphatic rings. The Morgan fingerprint density at radius 1 is 1.16 bits per heavy atom. The average molecular weight is 338 g/mol. The number of rotatable bonds is 4. The Morgan fingerprint density at radius 2 is 1.96 bits per heavy atom. The lowest BCUT2D eigenvalue weighted by Gasteiger charge is -2.16. The van der Waals surface area contributed by atoms with Crippen LogP contribution in [0.3, 0.4) is 0 Å². The van der Waals surface area contributed by atoms with Gasteiger partial charge in [0.15, 0.2) is 5.58 Å². The molecule has 0 unspecified atom stereocenters. The maximum atomic E-state index is 12.3. The summed E-state index contributed by atoms with van der Waals surface area (Å²) >= 11 is 0. The highest BCUT2D eigenvalue weighted by atomic mass is 16.4. The molecule has 1 aliphatic heterocycles. The van der Waals surface area contributed by atoms with Gasteiger partial charge in [-0.1, -0.05) is 12.1 Å². The molecule has 0 saturated carbocycles. The van der Waals surface area contributed by atoms with Gasteiger partial charge in [0.05, 0.1) is 17.4 Å². The fourth-order valence-electron chi connectivity index (χ4n) is 3.10. The fourth-order valence-corrected chi connectivity index (χ4v) is 3.10. The number of aromatic nitrogens is 2. The van der Waals surface area contributed by atoms with Gasteiger partial charge in [-0.2, -0.15) is 0 Å². The highest BCUT2D eigenvalue weighted by Crippen LogP contribution is 2.19. The van der Waals surface area contributed by atoms with E-state index in [0.29, 0.717) is 16.8 Å². The number of pyridine rings is 1. The van der Waals surface area contributed by atoms with Gasteiger partial charge in [-0.25, -0.2) is 9.78 Å². The number of hydrogen-bond acceptors (Lipinski definition) is 5. The van der Waals surface area contributed by atoms with Crippen molar-refractivity contribution >= 4 is 28.5 Å². The number of nitrogens with zero attached hydrogens (tertiary/aromatic N) is 3. The molecule has 0 spiro atoms. The second-order valence-electron chi connectivity index (χ2n) is 6.07. The van der Waals surface area contributed by atoms with Gasteiger partial charge in [0.2, 0.25) is 5.91 Å². The second kappa shape index (κ2) is 6.43. The molecule has 1 saturated heterocycles. The van der Waals surface area contributed by atoms with Crippen molar-refractivity contribution in [3.8, 4) is 0 Å². The highest BCUT2D eigenvalue weighted by Gasteiger charge is 2.14. The summed E-state index contributed by atoms with van der Waals surface area (Å²) < 4.78 is 6.45. The van der Waals surface area contributed by atoms with Gasteiger partial charge < -0.3 is 14.6 Å². The van der Waals surface area contributed by atoms with E-state index in [-0.39, 0.29) is 12.5 Å². The molecule has 4 rings (SSSR count). The Morgan fingerprint density at radius 3 is 2.72 bits per heavy atom. The van der Waals surface area contributed by atoms with Crippen LogP contribution in [0, 0.1) is 0 Å². The Labute approximate surface area is 143 Å². The predicted octanol–water partition coefficient (Wildman–Crippen LogP) is 2.23. The number of fused-ring (bicyclic) bond motifs is 1. The monoisotopic (exact) mass is 338 g/mol. The van der Waals surface area contributed by atoms with Crippen LogP contribution in [-0.4, -0.2) is 28.5 Å². The van der Waals surface area contributed by atoms with E-state index in [4.69, 9.17) is 4.42 Å². The number of nitrogens with one attached hydrogen (secondary N) is 1. The van der Waals surface area contributed by atoms with Gasteiger partial charge in [-0.3, -0.25) is 9.36 Å². The van der Waals surface area contributed by atoms with Crippen molar-refractivity contribution in [2.75, 3.05) is 23.3 Å². The third-order valence-corrected chi connectivity index (χ3v) is 4.34. The fraction of sp³-hybridized carbons (Fsp3) is 0.278. The molecule has 25 heavy (non-hydrogen) atoms. The summed E-state index contributed by atoms with van der Waals surface area (Å²) in [5.74, 6) is 0.0794. The second-order valence-corrected chi connectivity index (χ2v) is 6.07. The van der Waals surface area contributed by atoms with Gasteiger partial charge >= 0.3 is 5.76 Å². The first-order valence-corrected chi connectivity index (χ1v) is 8.30. The van der Waals surface area contributed by atoms with Gasteiger partial charge in [-0.05, 0) is 37.1 Å². The predicted molar refractivity (Wildman–Crippen MR) is 94.8 cm³/mol. The summed E-state index contributed by atoms with van der Waals surface area (Å²) in [6, 6.07) is 10.8. The van der Waals surface area contributed by atoms with E-state index < -0.39 is 5.76 Å². The zero-order valence-electron chi connectivity index (χ0n) is 13.6. The summed E-state index contributed by atoms with van der Waals surface area (Å²) in [5, 5.41) is 2.77. The number of anilines is 2. The molecule has 2 aromatic heterocycles. The van der Waals surface area contributed by atoms with Crippen LogP contribution in [0.25, 0.3) is 11.1 Å². The first-order chi connectivity index (χ1) is 12.2. The Bertz CT molecular complexity index is 952. The number of para-hydroxylation sites is 2. The van der Waals surface area contributed by atoms with Crippen LogP contribution in [0.5, 0.6) is 0 Å². The number of carbonyl (C=O) groups excluding carboxylic acids is 1. The topological polar surface area (TPSA) is 80.4 Å². The minimum Gasteiger partial charge on any atom is -0.408 e. The third-order valence-electron chi connectivity index (χ3n) is 4.34. The SMILES string of the molecule is O=C(Cn1c(=O)oc2ccccc21)Nc1ccc(N2CCCC2)nc1. The van der Waals surface area contributed by atoms with E-state index in [0.717, 1.165) is 18.9 Å².